The van der Waals surface area contributed by atoms with Crippen molar-refractivity contribution in [3.05, 3.63) is 12.4 Å². The van der Waals surface area contributed by atoms with Crippen LogP contribution in [-0.4, -0.2) is 30.5 Å². The number of nitrogens with one attached hydrogen (secondary N) is 1. The molecule has 78 valence electrons. The van der Waals surface area contributed by atoms with Crippen LogP contribution in [0.1, 0.15) is 0 Å². The molecule has 0 radical (unpaired) electrons. The first-order valence-electron chi connectivity index (χ1n) is 3.56. The van der Waals surface area contributed by atoms with Crippen molar-refractivity contribution in [3.63, 3.8) is 0 Å². The van der Waals surface area contributed by atoms with Gasteiger partial charge < -0.3 is 10.1 Å². The molecule has 13 heavy (non-hydrogen) atoms. The molecule has 0 atom stereocenters. The third-order valence-corrected chi connectivity index (χ3v) is 1.45. The number of hydrogen-bond donors (Lipinski definition) is 1. The molecule has 1 aromatic rings. The number of aromatic nitrogens is 2. The number of hydrogen-bond acceptors (Lipinski definition) is 3. The fourth-order valence-electron chi connectivity index (χ4n) is 0.800. The SMILES string of the molecule is CNc1cnn(CCOC)c1.Cl.Cl. The number of nitrogens with zero attached hydrogens (tertiary/aromatic N) is 2. The highest BCUT2D eigenvalue weighted by Crippen LogP contribution is 2.01. The molecule has 1 heterocycles. The van der Waals surface area contributed by atoms with Crippen LogP contribution < -0.4 is 5.32 Å². The normalized spacial score (nSPS) is 8.46. The van der Waals surface area contributed by atoms with Gasteiger partial charge in [-0.2, -0.15) is 5.10 Å². The van der Waals surface area contributed by atoms with E-state index in [-0.39, 0.29) is 24.8 Å². The van der Waals surface area contributed by atoms with Crippen LogP contribution in [0.4, 0.5) is 5.69 Å². The highest BCUT2D eigenvalue weighted by Gasteiger charge is 1.93. The zero-order chi connectivity index (χ0) is 8.10. The summed E-state index contributed by atoms with van der Waals surface area (Å²) in [5.74, 6) is 0. The van der Waals surface area contributed by atoms with Gasteiger partial charge in [0.05, 0.1) is 25.0 Å². The number of anilines is 1. The lowest BCUT2D eigenvalue weighted by molar-refractivity contribution is 0.183. The number of halogens is 2. The second-order valence-corrected chi connectivity index (χ2v) is 2.23. The summed E-state index contributed by atoms with van der Waals surface area (Å²) in [7, 11) is 3.56. The fraction of sp³-hybridized carbons (Fsp3) is 0.571. The van der Waals surface area contributed by atoms with Crippen LogP contribution in [0.5, 0.6) is 0 Å². The average Bonchev–Trinajstić information content (AvgIpc) is 2.48. The Morgan fingerprint density at radius 1 is 1.54 bits per heavy atom. The van der Waals surface area contributed by atoms with Gasteiger partial charge in [0, 0.05) is 20.4 Å². The minimum absolute atomic E-state index is 0. The lowest BCUT2D eigenvalue weighted by Gasteiger charge is -1.97. The molecule has 0 bridgehead atoms. The van der Waals surface area contributed by atoms with Crippen molar-refractivity contribution in [1.82, 2.24) is 9.78 Å². The molecule has 0 fully saturated rings. The largest absolute Gasteiger partial charge is 0.386 e. The Hall–Kier alpha value is -0.450. The Bertz CT molecular complexity index is 217. The standard InChI is InChI=1S/C7H13N3O.2ClH/c1-8-7-5-9-10(6-7)3-4-11-2;;/h5-6,8H,3-4H2,1-2H3;2*1H. The molecule has 0 saturated heterocycles. The Balaban J connectivity index is 0. The van der Waals surface area contributed by atoms with Crippen LogP contribution in [0.3, 0.4) is 0 Å². The van der Waals surface area contributed by atoms with E-state index >= 15 is 0 Å². The summed E-state index contributed by atoms with van der Waals surface area (Å²) in [4.78, 5) is 0. The van der Waals surface area contributed by atoms with Gasteiger partial charge in [-0.25, -0.2) is 0 Å². The molecular formula is C7H15Cl2N3O. The van der Waals surface area contributed by atoms with E-state index < -0.39 is 0 Å². The molecule has 1 rings (SSSR count). The topological polar surface area (TPSA) is 39.1 Å². The summed E-state index contributed by atoms with van der Waals surface area (Å²) in [6, 6.07) is 0. The second-order valence-electron chi connectivity index (χ2n) is 2.23. The van der Waals surface area contributed by atoms with Crippen molar-refractivity contribution >= 4 is 30.5 Å². The van der Waals surface area contributed by atoms with Crippen LogP contribution in [0, 0.1) is 0 Å². The second kappa shape index (κ2) is 8.16. The maximum atomic E-state index is 4.91. The van der Waals surface area contributed by atoms with E-state index in [9.17, 15) is 0 Å². The van der Waals surface area contributed by atoms with Gasteiger partial charge in [0.2, 0.25) is 0 Å². The van der Waals surface area contributed by atoms with Crippen LogP contribution in [0.2, 0.25) is 0 Å². The molecule has 0 spiro atoms. The average molecular weight is 228 g/mol. The molecule has 0 aromatic carbocycles. The highest BCUT2D eigenvalue weighted by atomic mass is 35.5. The molecule has 0 saturated carbocycles. The smallest absolute Gasteiger partial charge is 0.0723 e. The van der Waals surface area contributed by atoms with Gasteiger partial charge in [-0.05, 0) is 0 Å². The first kappa shape index (κ1) is 15.0. The van der Waals surface area contributed by atoms with E-state index in [1.807, 2.05) is 17.9 Å². The minimum Gasteiger partial charge on any atom is -0.386 e. The van der Waals surface area contributed by atoms with E-state index in [4.69, 9.17) is 4.74 Å². The van der Waals surface area contributed by atoms with Gasteiger partial charge in [-0.3, -0.25) is 4.68 Å². The molecule has 0 aliphatic rings. The summed E-state index contributed by atoms with van der Waals surface area (Å²) in [5, 5.41) is 7.10. The molecule has 0 aliphatic carbocycles. The van der Waals surface area contributed by atoms with Crippen LogP contribution >= 0.6 is 24.8 Å². The van der Waals surface area contributed by atoms with Crippen molar-refractivity contribution < 1.29 is 4.74 Å². The van der Waals surface area contributed by atoms with Gasteiger partial charge in [0.15, 0.2) is 0 Å². The van der Waals surface area contributed by atoms with E-state index in [1.54, 1.807) is 13.3 Å². The van der Waals surface area contributed by atoms with Crippen molar-refractivity contribution in [2.24, 2.45) is 0 Å². The number of rotatable bonds is 4. The van der Waals surface area contributed by atoms with Crippen LogP contribution in [0.25, 0.3) is 0 Å². The number of methoxy groups -OCH3 is 1. The third-order valence-electron chi connectivity index (χ3n) is 1.45. The van der Waals surface area contributed by atoms with Crippen LogP contribution in [-0.2, 0) is 11.3 Å². The van der Waals surface area contributed by atoms with Crippen molar-refractivity contribution in [3.8, 4) is 0 Å². The summed E-state index contributed by atoms with van der Waals surface area (Å²) in [6.07, 6.45) is 3.73. The Labute approximate surface area is 90.5 Å². The molecule has 1 aromatic heterocycles. The first-order valence-corrected chi connectivity index (χ1v) is 3.56. The predicted octanol–water partition coefficient (Wildman–Crippen LogP) is 1.41. The van der Waals surface area contributed by atoms with Gasteiger partial charge >= 0.3 is 0 Å². The van der Waals surface area contributed by atoms with Crippen molar-refractivity contribution in [2.75, 3.05) is 26.1 Å². The maximum Gasteiger partial charge on any atom is 0.0723 e. The monoisotopic (exact) mass is 227 g/mol. The summed E-state index contributed by atoms with van der Waals surface area (Å²) in [5.41, 5.74) is 1.03. The summed E-state index contributed by atoms with van der Waals surface area (Å²) < 4.78 is 6.75. The van der Waals surface area contributed by atoms with E-state index in [2.05, 4.69) is 10.4 Å². The predicted molar refractivity (Wildman–Crippen MR) is 58.1 cm³/mol. The zero-order valence-corrected chi connectivity index (χ0v) is 9.32. The van der Waals surface area contributed by atoms with Gasteiger partial charge in [0.25, 0.3) is 0 Å². The number of ether oxygens (including phenoxy) is 1. The maximum absolute atomic E-state index is 4.91. The summed E-state index contributed by atoms with van der Waals surface area (Å²) in [6.45, 7) is 1.50. The molecule has 0 amide bonds. The van der Waals surface area contributed by atoms with E-state index in [0.29, 0.717) is 6.61 Å². The highest BCUT2D eigenvalue weighted by molar-refractivity contribution is 5.85. The Morgan fingerprint density at radius 2 is 2.23 bits per heavy atom. The third kappa shape index (κ3) is 4.98. The zero-order valence-electron chi connectivity index (χ0n) is 7.69. The lowest BCUT2D eigenvalue weighted by atomic mass is 10.6. The minimum atomic E-state index is 0. The molecule has 0 unspecified atom stereocenters. The molecule has 0 aliphatic heterocycles. The van der Waals surface area contributed by atoms with Crippen molar-refractivity contribution in [1.29, 1.82) is 0 Å². The molecular weight excluding hydrogens is 213 g/mol. The summed E-state index contributed by atoms with van der Waals surface area (Å²) >= 11 is 0. The lowest BCUT2D eigenvalue weighted by Crippen LogP contribution is -2.03. The molecule has 4 nitrogen and oxygen atoms in total. The van der Waals surface area contributed by atoms with Crippen molar-refractivity contribution in [2.45, 2.75) is 6.54 Å². The Kier molecular flexibility index (Phi) is 9.44. The quantitative estimate of drug-likeness (QED) is 0.846. The molecule has 6 heteroatoms. The Morgan fingerprint density at radius 3 is 2.69 bits per heavy atom. The molecule has 1 N–H and O–H groups in total. The fourth-order valence-corrected chi connectivity index (χ4v) is 0.800. The van der Waals surface area contributed by atoms with Crippen LogP contribution in [0.15, 0.2) is 12.4 Å². The van der Waals surface area contributed by atoms with E-state index in [0.717, 1.165) is 12.2 Å². The first-order chi connectivity index (χ1) is 5.36. The van der Waals surface area contributed by atoms with Gasteiger partial charge in [0.1, 0.15) is 0 Å². The van der Waals surface area contributed by atoms with Gasteiger partial charge in [-0.1, -0.05) is 0 Å². The van der Waals surface area contributed by atoms with E-state index in [1.165, 1.54) is 0 Å². The van der Waals surface area contributed by atoms with Gasteiger partial charge in [-0.15, -0.1) is 24.8 Å².